The van der Waals surface area contributed by atoms with Crippen molar-refractivity contribution in [2.75, 3.05) is 32.8 Å². The quantitative estimate of drug-likeness (QED) is 0.791. The topological polar surface area (TPSA) is 24.5 Å². The van der Waals surface area contributed by atoms with E-state index in [-0.39, 0.29) is 0 Å². The third-order valence-electron chi connectivity index (χ3n) is 4.12. The average Bonchev–Trinajstić information content (AvgIpc) is 2.53. The molecule has 1 heterocycles. The highest BCUT2D eigenvalue weighted by molar-refractivity contribution is 5.36. The molecule has 1 aliphatic heterocycles. The van der Waals surface area contributed by atoms with E-state index in [4.69, 9.17) is 4.74 Å². The molecule has 0 radical (unpaired) electrons. The van der Waals surface area contributed by atoms with E-state index in [0.717, 1.165) is 31.9 Å². The third-order valence-corrected chi connectivity index (χ3v) is 4.12. The number of rotatable bonds is 8. The fraction of sp³-hybridized carbons (Fsp3) is 0.667. The summed E-state index contributed by atoms with van der Waals surface area (Å²) in [4.78, 5) is 2.60. The summed E-state index contributed by atoms with van der Waals surface area (Å²) in [6.45, 7) is 9.61. The molecule has 1 aromatic rings. The number of piperidine rings is 1. The van der Waals surface area contributed by atoms with E-state index < -0.39 is 0 Å². The zero-order valence-corrected chi connectivity index (χ0v) is 13.6. The van der Waals surface area contributed by atoms with Gasteiger partial charge in [-0.25, -0.2) is 0 Å². The summed E-state index contributed by atoms with van der Waals surface area (Å²) in [6, 6.07) is 8.85. The van der Waals surface area contributed by atoms with Gasteiger partial charge in [-0.2, -0.15) is 0 Å². The maximum atomic E-state index is 5.83. The van der Waals surface area contributed by atoms with Crippen molar-refractivity contribution in [1.29, 1.82) is 0 Å². The van der Waals surface area contributed by atoms with Gasteiger partial charge in [-0.1, -0.05) is 31.5 Å². The van der Waals surface area contributed by atoms with E-state index >= 15 is 0 Å². The summed E-state index contributed by atoms with van der Waals surface area (Å²) in [5.41, 5.74) is 1.30. The molecule has 1 unspecified atom stereocenters. The predicted octanol–water partition coefficient (Wildman–Crippen LogP) is 3.61. The van der Waals surface area contributed by atoms with E-state index in [9.17, 15) is 0 Å². The second-order valence-corrected chi connectivity index (χ2v) is 5.84. The molecule has 3 nitrogen and oxygen atoms in total. The molecule has 1 aromatic carbocycles. The molecule has 21 heavy (non-hydrogen) atoms. The molecule has 1 N–H and O–H groups in total. The number of ether oxygens (including phenoxy) is 1. The van der Waals surface area contributed by atoms with E-state index in [1.165, 1.54) is 37.9 Å². The molecule has 0 bridgehead atoms. The van der Waals surface area contributed by atoms with Crippen molar-refractivity contribution in [3.05, 3.63) is 29.8 Å². The molecule has 118 valence electrons. The minimum Gasteiger partial charge on any atom is -0.494 e. The Kier molecular flexibility index (Phi) is 7.04. The second-order valence-electron chi connectivity index (χ2n) is 5.84. The van der Waals surface area contributed by atoms with Crippen LogP contribution < -0.4 is 10.1 Å². The lowest BCUT2D eigenvalue weighted by Crippen LogP contribution is -2.38. The first kappa shape index (κ1) is 16.3. The first-order chi connectivity index (χ1) is 10.3. The van der Waals surface area contributed by atoms with Crippen LogP contribution in [0.4, 0.5) is 0 Å². The van der Waals surface area contributed by atoms with Crippen molar-refractivity contribution in [3.8, 4) is 5.75 Å². The molecule has 0 aromatic heterocycles. The number of benzene rings is 1. The standard InChI is InChI=1S/C18H30N2O/c1-3-12-19-17(15-20-13-8-5-9-14-20)16-10-6-7-11-18(16)21-4-2/h6-7,10-11,17,19H,3-5,8-9,12-15H2,1-2H3. The zero-order valence-electron chi connectivity index (χ0n) is 13.6. The Labute approximate surface area is 129 Å². The average molecular weight is 290 g/mol. The molecule has 1 atom stereocenters. The highest BCUT2D eigenvalue weighted by atomic mass is 16.5. The van der Waals surface area contributed by atoms with Gasteiger partial charge in [0.1, 0.15) is 5.75 Å². The predicted molar refractivity (Wildman–Crippen MR) is 88.9 cm³/mol. The van der Waals surface area contributed by atoms with Gasteiger partial charge in [-0.05, 0) is 51.9 Å². The summed E-state index contributed by atoms with van der Waals surface area (Å²) in [5, 5.41) is 3.71. The van der Waals surface area contributed by atoms with Crippen molar-refractivity contribution in [1.82, 2.24) is 10.2 Å². The van der Waals surface area contributed by atoms with Crippen LogP contribution in [0.5, 0.6) is 5.75 Å². The summed E-state index contributed by atoms with van der Waals surface area (Å²) in [5.74, 6) is 1.03. The minimum absolute atomic E-state index is 0.366. The van der Waals surface area contributed by atoms with Gasteiger partial charge in [-0.3, -0.25) is 0 Å². The van der Waals surface area contributed by atoms with Crippen LogP contribution in [0.25, 0.3) is 0 Å². The van der Waals surface area contributed by atoms with Crippen LogP contribution in [0.3, 0.4) is 0 Å². The van der Waals surface area contributed by atoms with Gasteiger partial charge in [0.15, 0.2) is 0 Å². The summed E-state index contributed by atoms with van der Waals surface area (Å²) < 4.78 is 5.83. The molecular weight excluding hydrogens is 260 g/mol. The van der Waals surface area contributed by atoms with Gasteiger partial charge >= 0.3 is 0 Å². The second kappa shape index (κ2) is 9.06. The Morgan fingerprint density at radius 2 is 1.90 bits per heavy atom. The SMILES string of the molecule is CCCNC(CN1CCCCC1)c1ccccc1OCC. The molecule has 1 saturated heterocycles. The lowest BCUT2D eigenvalue weighted by Gasteiger charge is -2.31. The maximum Gasteiger partial charge on any atom is 0.124 e. The first-order valence-electron chi connectivity index (χ1n) is 8.52. The Morgan fingerprint density at radius 3 is 2.62 bits per heavy atom. The van der Waals surface area contributed by atoms with Crippen LogP contribution in [-0.2, 0) is 0 Å². The van der Waals surface area contributed by atoms with E-state index in [1.54, 1.807) is 0 Å². The number of nitrogens with one attached hydrogen (secondary N) is 1. The Morgan fingerprint density at radius 1 is 1.14 bits per heavy atom. The van der Waals surface area contributed by atoms with Gasteiger partial charge in [0.2, 0.25) is 0 Å². The van der Waals surface area contributed by atoms with Crippen LogP contribution in [0.15, 0.2) is 24.3 Å². The van der Waals surface area contributed by atoms with Gasteiger partial charge in [-0.15, -0.1) is 0 Å². The summed E-state index contributed by atoms with van der Waals surface area (Å²) in [7, 11) is 0. The fourth-order valence-electron chi connectivity index (χ4n) is 3.05. The molecule has 0 spiro atoms. The fourth-order valence-corrected chi connectivity index (χ4v) is 3.05. The number of hydrogen-bond acceptors (Lipinski definition) is 3. The Hall–Kier alpha value is -1.06. The van der Waals surface area contributed by atoms with E-state index in [1.807, 2.05) is 0 Å². The van der Waals surface area contributed by atoms with Crippen LogP contribution in [0.1, 0.15) is 51.1 Å². The third kappa shape index (κ3) is 5.01. The normalized spacial score (nSPS) is 17.6. The van der Waals surface area contributed by atoms with Crippen LogP contribution in [0, 0.1) is 0 Å². The largest absolute Gasteiger partial charge is 0.494 e. The molecule has 1 fully saturated rings. The summed E-state index contributed by atoms with van der Waals surface area (Å²) in [6.07, 6.45) is 5.23. The number of para-hydroxylation sites is 1. The number of likely N-dealkylation sites (tertiary alicyclic amines) is 1. The van der Waals surface area contributed by atoms with Gasteiger partial charge < -0.3 is 15.0 Å². The summed E-state index contributed by atoms with van der Waals surface area (Å²) >= 11 is 0. The Balaban J connectivity index is 2.10. The maximum absolute atomic E-state index is 5.83. The van der Waals surface area contributed by atoms with Crippen molar-refractivity contribution in [2.45, 2.75) is 45.6 Å². The molecule has 1 aliphatic rings. The minimum atomic E-state index is 0.366. The molecule has 3 heteroatoms. The molecule has 2 rings (SSSR count). The first-order valence-corrected chi connectivity index (χ1v) is 8.52. The van der Waals surface area contributed by atoms with Crippen LogP contribution in [0.2, 0.25) is 0 Å². The van der Waals surface area contributed by atoms with Crippen LogP contribution >= 0.6 is 0 Å². The van der Waals surface area contributed by atoms with Crippen molar-refractivity contribution in [2.24, 2.45) is 0 Å². The molecular formula is C18H30N2O. The van der Waals surface area contributed by atoms with Crippen molar-refractivity contribution >= 4 is 0 Å². The van der Waals surface area contributed by atoms with E-state index in [0.29, 0.717) is 6.04 Å². The lowest BCUT2D eigenvalue weighted by molar-refractivity contribution is 0.203. The van der Waals surface area contributed by atoms with E-state index in [2.05, 4.69) is 48.3 Å². The molecule has 0 saturated carbocycles. The van der Waals surface area contributed by atoms with Gasteiger partial charge in [0, 0.05) is 18.2 Å². The molecule has 0 amide bonds. The van der Waals surface area contributed by atoms with Crippen molar-refractivity contribution in [3.63, 3.8) is 0 Å². The van der Waals surface area contributed by atoms with Crippen LogP contribution in [-0.4, -0.2) is 37.7 Å². The number of nitrogens with zero attached hydrogens (tertiary/aromatic N) is 1. The Bertz CT molecular complexity index is 402. The highest BCUT2D eigenvalue weighted by Crippen LogP contribution is 2.26. The number of hydrogen-bond donors (Lipinski definition) is 1. The smallest absolute Gasteiger partial charge is 0.124 e. The highest BCUT2D eigenvalue weighted by Gasteiger charge is 2.20. The molecule has 0 aliphatic carbocycles. The zero-order chi connectivity index (χ0) is 14.9. The van der Waals surface area contributed by atoms with Crippen molar-refractivity contribution < 1.29 is 4.74 Å². The lowest BCUT2D eigenvalue weighted by atomic mass is 10.0. The monoisotopic (exact) mass is 290 g/mol. The van der Waals surface area contributed by atoms with Gasteiger partial charge in [0.05, 0.1) is 6.61 Å². The van der Waals surface area contributed by atoms with Gasteiger partial charge in [0.25, 0.3) is 0 Å².